The van der Waals surface area contributed by atoms with Crippen LogP contribution in [-0.2, 0) is 16.1 Å². The molecule has 0 aromatic heterocycles. The van der Waals surface area contributed by atoms with E-state index in [4.69, 9.17) is 16.7 Å². The summed E-state index contributed by atoms with van der Waals surface area (Å²) in [6, 6.07) is 7.34. The molecule has 2 atom stereocenters. The normalized spacial score (nSPS) is 22.2. The molecule has 0 spiro atoms. The number of halogens is 1. The zero-order valence-electron chi connectivity index (χ0n) is 10.4. The van der Waals surface area contributed by atoms with Gasteiger partial charge in [-0.3, -0.25) is 9.59 Å². The SMILES string of the molecule is O=C(O)C1CCC(C(=O)NCc2ccccc2Cl)C1. The van der Waals surface area contributed by atoms with Crippen LogP contribution in [-0.4, -0.2) is 17.0 Å². The molecule has 1 aliphatic rings. The predicted molar refractivity (Wildman–Crippen MR) is 71.8 cm³/mol. The predicted octanol–water partition coefficient (Wildman–Crippen LogP) is 2.46. The van der Waals surface area contributed by atoms with Gasteiger partial charge in [-0.1, -0.05) is 29.8 Å². The molecule has 19 heavy (non-hydrogen) atoms. The van der Waals surface area contributed by atoms with Gasteiger partial charge in [0.1, 0.15) is 0 Å². The number of carbonyl (C=O) groups is 2. The molecule has 102 valence electrons. The van der Waals surface area contributed by atoms with Crippen LogP contribution in [0.1, 0.15) is 24.8 Å². The Morgan fingerprint density at radius 3 is 2.58 bits per heavy atom. The van der Waals surface area contributed by atoms with Crippen LogP contribution in [0, 0.1) is 11.8 Å². The summed E-state index contributed by atoms with van der Waals surface area (Å²) in [5.74, 6) is -1.45. The standard InChI is InChI=1S/C14H16ClNO3/c15-12-4-2-1-3-11(12)8-16-13(17)9-5-6-10(7-9)14(18)19/h1-4,9-10H,5-8H2,(H,16,17)(H,18,19). The van der Waals surface area contributed by atoms with Crippen LogP contribution in [0.2, 0.25) is 5.02 Å². The number of carboxylic acid groups (broad SMARTS) is 1. The van der Waals surface area contributed by atoms with Gasteiger partial charge >= 0.3 is 5.97 Å². The van der Waals surface area contributed by atoms with Gasteiger partial charge in [0.25, 0.3) is 0 Å². The van der Waals surface area contributed by atoms with E-state index >= 15 is 0 Å². The number of rotatable bonds is 4. The highest BCUT2D eigenvalue weighted by atomic mass is 35.5. The fraction of sp³-hybridized carbons (Fsp3) is 0.429. The van der Waals surface area contributed by atoms with Gasteiger partial charge in [0, 0.05) is 17.5 Å². The maximum atomic E-state index is 12.0. The summed E-state index contributed by atoms with van der Waals surface area (Å²) in [6.45, 7) is 0.382. The first-order chi connectivity index (χ1) is 9.08. The zero-order valence-corrected chi connectivity index (χ0v) is 11.2. The highest BCUT2D eigenvalue weighted by molar-refractivity contribution is 6.31. The Labute approximate surface area is 116 Å². The highest BCUT2D eigenvalue weighted by Gasteiger charge is 2.33. The molecule has 1 amide bonds. The number of aliphatic carboxylic acids is 1. The van der Waals surface area contributed by atoms with Crippen LogP contribution in [0.15, 0.2) is 24.3 Å². The number of carbonyl (C=O) groups excluding carboxylic acids is 1. The van der Waals surface area contributed by atoms with Gasteiger partial charge in [0.2, 0.25) is 5.91 Å². The van der Waals surface area contributed by atoms with Crippen LogP contribution in [0.3, 0.4) is 0 Å². The first kappa shape index (κ1) is 13.9. The van der Waals surface area contributed by atoms with Crippen molar-refractivity contribution in [3.8, 4) is 0 Å². The van der Waals surface area contributed by atoms with E-state index in [1.54, 1.807) is 6.07 Å². The lowest BCUT2D eigenvalue weighted by Gasteiger charge is -2.11. The highest BCUT2D eigenvalue weighted by Crippen LogP contribution is 2.31. The summed E-state index contributed by atoms with van der Waals surface area (Å²) >= 11 is 6.00. The van der Waals surface area contributed by atoms with Gasteiger partial charge in [0.15, 0.2) is 0 Å². The zero-order chi connectivity index (χ0) is 13.8. The van der Waals surface area contributed by atoms with Gasteiger partial charge in [-0.15, -0.1) is 0 Å². The third kappa shape index (κ3) is 3.47. The van der Waals surface area contributed by atoms with E-state index in [0.717, 1.165) is 5.56 Å². The van der Waals surface area contributed by atoms with E-state index in [1.807, 2.05) is 18.2 Å². The lowest BCUT2D eigenvalue weighted by molar-refractivity contribution is -0.141. The lowest BCUT2D eigenvalue weighted by atomic mass is 10.0. The van der Waals surface area contributed by atoms with Gasteiger partial charge in [-0.05, 0) is 30.9 Å². The smallest absolute Gasteiger partial charge is 0.306 e. The lowest BCUT2D eigenvalue weighted by Crippen LogP contribution is -2.29. The third-order valence-electron chi connectivity index (χ3n) is 3.56. The van der Waals surface area contributed by atoms with E-state index in [0.29, 0.717) is 30.8 Å². The molecule has 1 aromatic rings. The Morgan fingerprint density at radius 2 is 1.95 bits per heavy atom. The van der Waals surface area contributed by atoms with E-state index in [9.17, 15) is 9.59 Å². The van der Waals surface area contributed by atoms with Crippen LogP contribution >= 0.6 is 11.6 Å². The van der Waals surface area contributed by atoms with Crippen molar-refractivity contribution in [2.45, 2.75) is 25.8 Å². The fourth-order valence-electron chi connectivity index (χ4n) is 2.41. The Morgan fingerprint density at radius 1 is 1.26 bits per heavy atom. The van der Waals surface area contributed by atoms with E-state index < -0.39 is 5.97 Å². The van der Waals surface area contributed by atoms with Crippen molar-refractivity contribution in [2.75, 3.05) is 0 Å². The molecular weight excluding hydrogens is 266 g/mol. The number of carboxylic acids is 1. The second-order valence-electron chi connectivity index (χ2n) is 4.85. The molecule has 4 nitrogen and oxygen atoms in total. The van der Waals surface area contributed by atoms with Crippen LogP contribution in [0.4, 0.5) is 0 Å². The number of nitrogens with one attached hydrogen (secondary N) is 1. The van der Waals surface area contributed by atoms with Crippen LogP contribution in [0.25, 0.3) is 0 Å². The number of benzene rings is 1. The Hall–Kier alpha value is -1.55. The topological polar surface area (TPSA) is 66.4 Å². The van der Waals surface area contributed by atoms with Gasteiger partial charge in [-0.25, -0.2) is 0 Å². The number of hydrogen-bond donors (Lipinski definition) is 2. The van der Waals surface area contributed by atoms with Crippen LogP contribution < -0.4 is 5.32 Å². The first-order valence-electron chi connectivity index (χ1n) is 6.32. The van der Waals surface area contributed by atoms with Crippen molar-refractivity contribution >= 4 is 23.5 Å². The van der Waals surface area contributed by atoms with Crippen LogP contribution in [0.5, 0.6) is 0 Å². The minimum atomic E-state index is -0.804. The maximum absolute atomic E-state index is 12.0. The van der Waals surface area contributed by atoms with Crippen molar-refractivity contribution in [2.24, 2.45) is 11.8 Å². The van der Waals surface area contributed by atoms with E-state index in [-0.39, 0.29) is 17.7 Å². The number of amides is 1. The molecule has 0 saturated heterocycles. The van der Waals surface area contributed by atoms with Crippen molar-refractivity contribution in [3.05, 3.63) is 34.9 Å². The molecule has 2 N–H and O–H groups in total. The summed E-state index contributed by atoms with van der Waals surface area (Å²) in [7, 11) is 0. The van der Waals surface area contributed by atoms with E-state index in [2.05, 4.69) is 5.32 Å². The molecule has 1 fully saturated rings. The molecule has 1 aliphatic carbocycles. The van der Waals surface area contributed by atoms with Crippen molar-refractivity contribution < 1.29 is 14.7 Å². The Balaban J connectivity index is 1.86. The summed E-state index contributed by atoms with van der Waals surface area (Å²) < 4.78 is 0. The second kappa shape index (κ2) is 6.06. The molecule has 0 heterocycles. The molecule has 0 aliphatic heterocycles. The van der Waals surface area contributed by atoms with E-state index in [1.165, 1.54) is 0 Å². The minimum absolute atomic E-state index is 0.0799. The van der Waals surface area contributed by atoms with Gasteiger partial charge in [0.05, 0.1) is 5.92 Å². The second-order valence-corrected chi connectivity index (χ2v) is 5.26. The molecule has 2 unspecified atom stereocenters. The molecular formula is C14H16ClNO3. The maximum Gasteiger partial charge on any atom is 0.306 e. The third-order valence-corrected chi connectivity index (χ3v) is 3.93. The number of hydrogen-bond acceptors (Lipinski definition) is 2. The van der Waals surface area contributed by atoms with Gasteiger partial charge in [-0.2, -0.15) is 0 Å². The molecule has 2 rings (SSSR count). The monoisotopic (exact) mass is 281 g/mol. The quantitative estimate of drug-likeness (QED) is 0.891. The Bertz CT molecular complexity index is 489. The summed E-state index contributed by atoms with van der Waals surface area (Å²) in [4.78, 5) is 22.8. The molecule has 0 bridgehead atoms. The minimum Gasteiger partial charge on any atom is -0.481 e. The molecule has 1 saturated carbocycles. The first-order valence-corrected chi connectivity index (χ1v) is 6.69. The Kier molecular flexibility index (Phi) is 4.43. The fourth-order valence-corrected chi connectivity index (χ4v) is 2.61. The van der Waals surface area contributed by atoms with Crippen molar-refractivity contribution in [1.29, 1.82) is 0 Å². The summed E-state index contributed by atoms with van der Waals surface area (Å²) in [6.07, 6.45) is 1.66. The average molecular weight is 282 g/mol. The van der Waals surface area contributed by atoms with Gasteiger partial charge < -0.3 is 10.4 Å². The largest absolute Gasteiger partial charge is 0.481 e. The van der Waals surface area contributed by atoms with Crippen molar-refractivity contribution in [3.63, 3.8) is 0 Å². The summed E-state index contributed by atoms with van der Waals surface area (Å²) in [5, 5.41) is 12.4. The summed E-state index contributed by atoms with van der Waals surface area (Å²) in [5.41, 5.74) is 0.866. The van der Waals surface area contributed by atoms with Crippen molar-refractivity contribution in [1.82, 2.24) is 5.32 Å². The molecule has 0 radical (unpaired) electrons. The molecule has 1 aromatic carbocycles. The molecule has 5 heteroatoms. The average Bonchev–Trinajstić information content (AvgIpc) is 2.87.